The van der Waals surface area contributed by atoms with E-state index < -0.39 is 17.9 Å². The van der Waals surface area contributed by atoms with Crippen molar-refractivity contribution in [2.45, 2.75) is 12.6 Å². The number of amides is 2. The maximum Gasteiger partial charge on any atom is 0.270 e. The van der Waals surface area contributed by atoms with Gasteiger partial charge in [0.05, 0.1) is 13.2 Å². The first-order valence-electron chi connectivity index (χ1n) is 12.1. The molecule has 2 amide bonds. The van der Waals surface area contributed by atoms with Crippen LogP contribution in [0.5, 0.6) is 0 Å². The molecule has 3 aromatic rings. The molecule has 37 heavy (non-hydrogen) atoms. The van der Waals surface area contributed by atoms with E-state index in [9.17, 15) is 9.59 Å². The molecule has 1 heterocycles. The van der Waals surface area contributed by atoms with Crippen molar-refractivity contribution < 1.29 is 19.5 Å². The van der Waals surface area contributed by atoms with Crippen molar-refractivity contribution in [3.05, 3.63) is 113 Å². The number of rotatable bonds is 7. The van der Waals surface area contributed by atoms with Gasteiger partial charge in [-0.25, -0.2) is 5.48 Å². The van der Waals surface area contributed by atoms with Gasteiger partial charge >= 0.3 is 0 Å². The molecule has 7 heteroatoms. The van der Waals surface area contributed by atoms with Gasteiger partial charge in [0.25, 0.3) is 11.8 Å². The van der Waals surface area contributed by atoms with E-state index in [1.165, 1.54) is 5.56 Å². The topological polar surface area (TPSA) is 90.9 Å². The molecule has 0 unspecified atom stereocenters. The zero-order valence-corrected chi connectivity index (χ0v) is 20.4. The van der Waals surface area contributed by atoms with Crippen LogP contribution in [-0.2, 0) is 16.1 Å². The molecule has 0 spiro atoms. The van der Waals surface area contributed by atoms with E-state index >= 15 is 0 Å². The predicted octanol–water partition coefficient (Wildman–Crippen LogP) is 3.56. The van der Waals surface area contributed by atoms with Gasteiger partial charge in [0.15, 0.2) is 0 Å². The van der Waals surface area contributed by atoms with Crippen LogP contribution in [0.1, 0.15) is 38.7 Å². The lowest BCUT2D eigenvalue weighted by Gasteiger charge is -2.26. The summed E-state index contributed by atoms with van der Waals surface area (Å²) >= 11 is 0. The van der Waals surface area contributed by atoms with Crippen LogP contribution in [0.4, 0.5) is 0 Å². The van der Waals surface area contributed by atoms with E-state index in [1.807, 2.05) is 18.2 Å². The SMILES string of the molecule is O=C(N[C@H](C(=O)NO)c1ccccc1)c1ccc(/C=C/C#Cc2ccc(CN3CCOCC3)cc2)cc1. The van der Waals surface area contributed by atoms with Crippen molar-refractivity contribution >= 4 is 17.9 Å². The van der Waals surface area contributed by atoms with E-state index in [0.717, 1.165) is 44.0 Å². The summed E-state index contributed by atoms with van der Waals surface area (Å²) in [5.74, 6) is 5.04. The first-order valence-corrected chi connectivity index (χ1v) is 12.1. The molecule has 1 aliphatic heterocycles. The normalized spacial score (nSPS) is 14.4. The van der Waals surface area contributed by atoms with Gasteiger partial charge in [0.1, 0.15) is 6.04 Å². The average Bonchev–Trinajstić information content (AvgIpc) is 2.95. The van der Waals surface area contributed by atoms with Gasteiger partial charge in [0, 0.05) is 30.8 Å². The molecule has 3 aromatic carbocycles. The van der Waals surface area contributed by atoms with Crippen LogP contribution >= 0.6 is 0 Å². The third-order valence-corrected chi connectivity index (χ3v) is 5.99. The standard InChI is InChI=1S/C30H29N3O4/c34-29(31-28(30(35)32-36)26-8-2-1-3-9-26)27-16-14-24(15-17-27)7-5-4-6-23-10-12-25(13-11-23)22-33-18-20-37-21-19-33/h1-3,5,7-17,28,36H,18-22H2,(H,31,34)(H,32,35)/b7-5+/t28-/m0/s1. The summed E-state index contributed by atoms with van der Waals surface area (Å²) in [6, 6.07) is 22.9. The van der Waals surface area contributed by atoms with Crippen molar-refractivity contribution in [2.24, 2.45) is 0 Å². The summed E-state index contributed by atoms with van der Waals surface area (Å²) in [6.45, 7) is 4.44. The Balaban J connectivity index is 1.32. The van der Waals surface area contributed by atoms with Crippen molar-refractivity contribution in [2.75, 3.05) is 26.3 Å². The summed E-state index contributed by atoms with van der Waals surface area (Å²) in [6.07, 6.45) is 3.64. The van der Waals surface area contributed by atoms with E-state index in [4.69, 9.17) is 9.94 Å². The molecule has 3 N–H and O–H groups in total. The Hall–Kier alpha value is -4.22. The zero-order valence-electron chi connectivity index (χ0n) is 20.4. The second-order valence-corrected chi connectivity index (χ2v) is 8.60. The largest absolute Gasteiger partial charge is 0.379 e. The minimum absolute atomic E-state index is 0.395. The highest BCUT2D eigenvalue weighted by Gasteiger charge is 2.22. The van der Waals surface area contributed by atoms with Crippen LogP contribution in [0, 0.1) is 11.8 Å². The molecular weight excluding hydrogens is 466 g/mol. The highest BCUT2D eigenvalue weighted by Crippen LogP contribution is 2.15. The van der Waals surface area contributed by atoms with Gasteiger partial charge in [-0.2, -0.15) is 0 Å². The monoisotopic (exact) mass is 495 g/mol. The van der Waals surface area contributed by atoms with Crippen molar-refractivity contribution in [1.82, 2.24) is 15.7 Å². The number of carbonyl (C=O) groups is 2. The number of hydrogen-bond donors (Lipinski definition) is 3. The Morgan fingerprint density at radius 1 is 0.973 bits per heavy atom. The Morgan fingerprint density at radius 3 is 2.35 bits per heavy atom. The molecule has 0 aromatic heterocycles. The quantitative estimate of drug-likeness (QED) is 0.265. The summed E-state index contributed by atoms with van der Waals surface area (Å²) in [5, 5.41) is 11.7. The van der Waals surface area contributed by atoms with Gasteiger partial charge in [0.2, 0.25) is 0 Å². The number of benzene rings is 3. The number of ether oxygens (including phenoxy) is 1. The second-order valence-electron chi connectivity index (χ2n) is 8.60. The molecule has 1 fully saturated rings. The van der Waals surface area contributed by atoms with Gasteiger partial charge < -0.3 is 10.1 Å². The van der Waals surface area contributed by atoms with Crippen LogP contribution in [-0.4, -0.2) is 48.2 Å². The minimum Gasteiger partial charge on any atom is -0.379 e. The van der Waals surface area contributed by atoms with Gasteiger partial charge in [-0.3, -0.25) is 19.7 Å². The molecule has 7 nitrogen and oxygen atoms in total. The van der Waals surface area contributed by atoms with E-state index in [-0.39, 0.29) is 0 Å². The number of allylic oxidation sites excluding steroid dienone is 1. The molecule has 0 bridgehead atoms. The Kier molecular flexibility index (Phi) is 9.22. The Bertz CT molecular complexity index is 1270. The maximum atomic E-state index is 12.7. The number of nitrogens with zero attached hydrogens (tertiary/aromatic N) is 1. The van der Waals surface area contributed by atoms with E-state index in [2.05, 4.69) is 34.2 Å². The van der Waals surface area contributed by atoms with Crippen molar-refractivity contribution in [3.63, 3.8) is 0 Å². The van der Waals surface area contributed by atoms with Crippen LogP contribution in [0.15, 0.2) is 84.9 Å². The second kappa shape index (κ2) is 13.2. The van der Waals surface area contributed by atoms with Crippen LogP contribution in [0.3, 0.4) is 0 Å². The summed E-state index contributed by atoms with van der Waals surface area (Å²) in [7, 11) is 0. The Morgan fingerprint density at radius 2 is 1.68 bits per heavy atom. The number of hydrogen-bond acceptors (Lipinski definition) is 5. The number of carbonyl (C=O) groups excluding carboxylic acids is 2. The van der Waals surface area contributed by atoms with E-state index in [0.29, 0.717) is 11.1 Å². The smallest absolute Gasteiger partial charge is 0.270 e. The fourth-order valence-electron chi connectivity index (χ4n) is 3.94. The van der Waals surface area contributed by atoms with Crippen LogP contribution in [0.25, 0.3) is 6.08 Å². The molecule has 0 aliphatic carbocycles. The lowest BCUT2D eigenvalue weighted by atomic mass is 10.1. The first-order chi connectivity index (χ1) is 18.1. The fraction of sp³-hybridized carbons (Fsp3) is 0.200. The molecule has 1 aliphatic rings. The van der Waals surface area contributed by atoms with E-state index in [1.54, 1.807) is 66.2 Å². The Labute approximate surface area is 216 Å². The maximum absolute atomic E-state index is 12.7. The van der Waals surface area contributed by atoms with Gasteiger partial charge in [-0.05, 0) is 53.1 Å². The summed E-state index contributed by atoms with van der Waals surface area (Å²) in [5.41, 5.74) is 5.66. The highest BCUT2D eigenvalue weighted by atomic mass is 16.5. The average molecular weight is 496 g/mol. The molecular formula is C30H29N3O4. The molecule has 0 saturated carbocycles. The number of morpholine rings is 1. The molecule has 1 atom stereocenters. The number of hydroxylamine groups is 1. The third-order valence-electron chi connectivity index (χ3n) is 5.99. The number of nitrogens with one attached hydrogen (secondary N) is 2. The minimum atomic E-state index is -1.01. The van der Waals surface area contributed by atoms with Crippen LogP contribution in [0.2, 0.25) is 0 Å². The first kappa shape index (κ1) is 25.9. The summed E-state index contributed by atoms with van der Waals surface area (Å²) < 4.78 is 5.40. The lowest BCUT2D eigenvalue weighted by Crippen LogP contribution is -2.39. The summed E-state index contributed by atoms with van der Waals surface area (Å²) in [4.78, 5) is 27.2. The lowest BCUT2D eigenvalue weighted by molar-refractivity contribution is -0.131. The molecule has 0 radical (unpaired) electrons. The fourth-order valence-corrected chi connectivity index (χ4v) is 3.94. The predicted molar refractivity (Wildman–Crippen MR) is 141 cm³/mol. The van der Waals surface area contributed by atoms with Gasteiger partial charge in [-0.15, -0.1) is 0 Å². The molecule has 4 rings (SSSR count). The highest BCUT2D eigenvalue weighted by molar-refractivity contribution is 5.97. The molecule has 1 saturated heterocycles. The van der Waals surface area contributed by atoms with Crippen LogP contribution < -0.4 is 10.8 Å². The third kappa shape index (κ3) is 7.63. The van der Waals surface area contributed by atoms with Crippen molar-refractivity contribution in [3.8, 4) is 11.8 Å². The van der Waals surface area contributed by atoms with Crippen molar-refractivity contribution in [1.29, 1.82) is 0 Å². The molecule has 188 valence electrons. The van der Waals surface area contributed by atoms with Gasteiger partial charge in [-0.1, -0.05) is 66.4 Å². The zero-order chi connectivity index (χ0) is 25.9.